The monoisotopic (exact) mass is 389 g/mol. The van der Waals surface area contributed by atoms with Crippen molar-refractivity contribution in [2.45, 2.75) is 38.3 Å². The molecule has 1 unspecified atom stereocenters. The lowest BCUT2D eigenvalue weighted by molar-refractivity contribution is 0.121. The second-order valence-electron chi connectivity index (χ2n) is 6.92. The summed E-state index contributed by atoms with van der Waals surface area (Å²) in [6.07, 6.45) is 2.32. The highest BCUT2D eigenvalue weighted by atomic mass is 35.5. The van der Waals surface area contributed by atoms with Crippen molar-refractivity contribution in [1.82, 2.24) is 5.32 Å². The summed E-state index contributed by atoms with van der Waals surface area (Å²) >= 11 is 6.68. The summed E-state index contributed by atoms with van der Waals surface area (Å²) in [5.41, 5.74) is 3.27. The summed E-state index contributed by atoms with van der Waals surface area (Å²) in [4.78, 5) is 0. The van der Waals surface area contributed by atoms with Crippen LogP contribution < -0.4 is 14.8 Å². The van der Waals surface area contributed by atoms with Crippen molar-refractivity contribution in [2.75, 3.05) is 27.4 Å². The third-order valence-corrected chi connectivity index (χ3v) is 5.32. The third kappa shape index (κ3) is 4.95. The van der Waals surface area contributed by atoms with Crippen molar-refractivity contribution in [3.63, 3.8) is 0 Å². The molecule has 1 N–H and O–H groups in total. The molecule has 0 bridgehead atoms. The van der Waals surface area contributed by atoms with Gasteiger partial charge < -0.3 is 19.5 Å². The van der Waals surface area contributed by atoms with Crippen LogP contribution in [0.2, 0.25) is 5.02 Å². The zero-order chi connectivity index (χ0) is 19.2. The SMILES string of the molecule is COc1cc(C(C)NCCOCc2ccccc2)c(Cl)c(OC)c1C1CC1. The van der Waals surface area contributed by atoms with Gasteiger partial charge in [-0.15, -0.1) is 0 Å². The van der Waals surface area contributed by atoms with Crippen molar-refractivity contribution in [2.24, 2.45) is 0 Å². The normalized spacial score (nSPS) is 14.8. The zero-order valence-electron chi connectivity index (χ0n) is 16.3. The lowest BCUT2D eigenvalue weighted by Crippen LogP contribution is -2.23. The van der Waals surface area contributed by atoms with E-state index in [4.69, 9.17) is 25.8 Å². The Kier molecular flexibility index (Phi) is 7.00. The molecular weight excluding hydrogens is 362 g/mol. The molecule has 27 heavy (non-hydrogen) atoms. The van der Waals surface area contributed by atoms with Crippen molar-refractivity contribution in [3.8, 4) is 11.5 Å². The maximum Gasteiger partial charge on any atom is 0.144 e. The Morgan fingerprint density at radius 1 is 1.15 bits per heavy atom. The summed E-state index contributed by atoms with van der Waals surface area (Å²) in [7, 11) is 3.37. The molecular formula is C22H28ClNO3. The number of nitrogens with one attached hydrogen (secondary N) is 1. The topological polar surface area (TPSA) is 39.7 Å². The molecule has 4 nitrogen and oxygen atoms in total. The van der Waals surface area contributed by atoms with E-state index in [0.717, 1.165) is 42.0 Å². The molecule has 0 amide bonds. The second-order valence-corrected chi connectivity index (χ2v) is 7.30. The highest BCUT2D eigenvalue weighted by molar-refractivity contribution is 6.33. The summed E-state index contributed by atoms with van der Waals surface area (Å²) in [6.45, 7) is 4.08. The minimum atomic E-state index is 0.0638. The highest BCUT2D eigenvalue weighted by Gasteiger charge is 2.33. The van der Waals surface area contributed by atoms with E-state index in [1.54, 1.807) is 14.2 Å². The van der Waals surface area contributed by atoms with E-state index in [-0.39, 0.29) is 6.04 Å². The second kappa shape index (κ2) is 9.45. The fraction of sp³-hybridized carbons (Fsp3) is 0.455. The smallest absolute Gasteiger partial charge is 0.144 e. The first-order valence-corrected chi connectivity index (χ1v) is 9.82. The lowest BCUT2D eigenvalue weighted by atomic mass is 10.0. The summed E-state index contributed by atoms with van der Waals surface area (Å²) in [5, 5.41) is 4.14. The van der Waals surface area contributed by atoms with Gasteiger partial charge in [0.2, 0.25) is 0 Å². The van der Waals surface area contributed by atoms with Gasteiger partial charge >= 0.3 is 0 Å². The number of hydrogen-bond donors (Lipinski definition) is 1. The fourth-order valence-electron chi connectivity index (χ4n) is 3.31. The average Bonchev–Trinajstić information content (AvgIpc) is 3.53. The minimum absolute atomic E-state index is 0.0638. The van der Waals surface area contributed by atoms with Gasteiger partial charge in [-0.05, 0) is 42.9 Å². The van der Waals surface area contributed by atoms with Crippen molar-refractivity contribution < 1.29 is 14.2 Å². The lowest BCUT2D eigenvalue weighted by Gasteiger charge is -2.21. The van der Waals surface area contributed by atoms with Gasteiger partial charge in [-0.1, -0.05) is 41.9 Å². The van der Waals surface area contributed by atoms with Crippen LogP contribution in [0, 0.1) is 0 Å². The van der Waals surface area contributed by atoms with E-state index in [1.165, 1.54) is 5.56 Å². The van der Waals surface area contributed by atoms with Gasteiger partial charge in [-0.2, -0.15) is 0 Å². The van der Waals surface area contributed by atoms with Crippen molar-refractivity contribution in [1.29, 1.82) is 0 Å². The molecule has 1 aliphatic carbocycles. The van der Waals surface area contributed by atoms with E-state index < -0.39 is 0 Å². The molecule has 0 spiro atoms. The molecule has 0 heterocycles. The molecule has 2 aromatic rings. The number of ether oxygens (including phenoxy) is 3. The van der Waals surface area contributed by atoms with E-state index in [9.17, 15) is 0 Å². The molecule has 1 fully saturated rings. The predicted molar refractivity (Wildman–Crippen MR) is 109 cm³/mol. The van der Waals surface area contributed by atoms with Crippen LogP contribution in [-0.2, 0) is 11.3 Å². The van der Waals surface area contributed by atoms with Gasteiger partial charge in [0.25, 0.3) is 0 Å². The van der Waals surface area contributed by atoms with Crippen LogP contribution in [0.3, 0.4) is 0 Å². The predicted octanol–water partition coefficient (Wildman–Crippen LogP) is 5.10. The van der Waals surface area contributed by atoms with E-state index >= 15 is 0 Å². The first-order valence-electron chi connectivity index (χ1n) is 9.45. The van der Waals surface area contributed by atoms with Crippen molar-refractivity contribution in [3.05, 3.63) is 58.1 Å². The van der Waals surface area contributed by atoms with Gasteiger partial charge in [0.05, 0.1) is 32.5 Å². The van der Waals surface area contributed by atoms with Gasteiger partial charge in [0, 0.05) is 18.2 Å². The summed E-state index contributed by atoms with van der Waals surface area (Å²) in [6, 6.07) is 12.3. The molecule has 1 atom stereocenters. The summed E-state index contributed by atoms with van der Waals surface area (Å²) < 4.78 is 17.0. The summed E-state index contributed by atoms with van der Waals surface area (Å²) in [5.74, 6) is 2.11. The standard InChI is InChI=1S/C22H28ClNO3/c1-15(24-11-12-27-14-16-7-5-4-6-8-16)18-13-19(25-2)20(17-9-10-17)22(26-3)21(18)23/h4-8,13,15,17,24H,9-12,14H2,1-3H3. The number of methoxy groups -OCH3 is 2. The molecule has 0 aliphatic heterocycles. The Balaban J connectivity index is 1.59. The number of halogens is 1. The maximum atomic E-state index is 6.68. The molecule has 0 radical (unpaired) electrons. The Bertz CT molecular complexity index is 747. The molecule has 1 saturated carbocycles. The van der Waals surface area contributed by atoms with Gasteiger partial charge in [-0.25, -0.2) is 0 Å². The number of hydrogen-bond acceptors (Lipinski definition) is 4. The average molecular weight is 390 g/mol. The number of benzene rings is 2. The first kappa shape index (κ1) is 20.0. The van der Waals surface area contributed by atoms with Gasteiger partial charge in [-0.3, -0.25) is 0 Å². The molecule has 3 rings (SSSR count). The Morgan fingerprint density at radius 3 is 2.52 bits per heavy atom. The quantitative estimate of drug-likeness (QED) is 0.574. The minimum Gasteiger partial charge on any atom is -0.496 e. The molecule has 2 aromatic carbocycles. The Labute approximate surface area is 166 Å². The van der Waals surface area contributed by atoms with Crippen LogP contribution in [0.15, 0.2) is 36.4 Å². The van der Waals surface area contributed by atoms with Gasteiger partial charge in [0.1, 0.15) is 11.5 Å². The van der Waals surface area contributed by atoms with E-state index in [0.29, 0.717) is 24.2 Å². The molecule has 0 aromatic heterocycles. The van der Waals surface area contributed by atoms with E-state index in [1.807, 2.05) is 24.3 Å². The number of rotatable bonds is 10. The Morgan fingerprint density at radius 2 is 1.89 bits per heavy atom. The zero-order valence-corrected chi connectivity index (χ0v) is 17.0. The maximum absolute atomic E-state index is 6.68. The highest BCUT2D eigenvalue weighted by Crippen LogP contribution is 2.52. The largest absolute Gasteiger partial charge is 0.496 e. The third-order valence-electron chi connectivity index (χ3n) is 4.93. The van der Waals surface area contributed by atoms with Crippen LogP contribution in [0.5, 0.6) is 11.5 Å². The first-order chi connectivity index (χ1) is 13.2. The fourth-order valence-corrected chi connectivity index (χ4v) is 3.70. The van der Waals surface area contributed by atoms with Gasteiger partial charge in [0.15, 0.2) is 0 Å². The van der Waals surface area contributed by atoms with Crippen LogP contribution in [0.25, 0.3) is 0 Å². The van der Waals surface area contributed by atoms with E-state index in [2.05, 4.69) is 24.4 Å². The van der Waals surface area contributed by atoms with Crippen LogP contribution >= 0.6 is 11.6 Å². The van der Waals surface area contributed by atoms with Crippen LogP contribution in [-0.4, -0.2) is 27.4 Å². The molecule has 5 heteroatoms. The van der Waals surface area contributed by atoms with Crippen molar-refractivity contribution >= 4 is 11.6 Å². The van der Waals surface area contributed by atoms with Crippen LogP contribution in [0.1, 0.15) is 48.4 Å². The molecule has 0 saturated heterocycles. The molecule has 146 valence electrons. The molecule has 1 aliphatic rings. The van der Waals surface area contributed by atoms with Crippen LogP contribution in [0.4, 0.5) is 0 Å². The Hall–Kier alpha value is -1.75.